The highest BCUT2D eigenvalue weighted by Crippen LogP contribution is 2.32. The molecule has 0 saturated carbocycles. The number of piperazine rings is 1. The van der Waals surface area contributed by atoms with Crippen molar-refractivity contribution in [1.29, 1.82) is 0 Å². The topological polar surface area (TPSA) is 53.5 Å². The van der Waals surface area contributed by atoms with Crippen LogP contribution in [0.1, 0.15) is 5.56 Å². The predicted octanol–water partition coefficient (Wildman–Crippen LogP) is 3.76. The molecule has 29 heavy (non-hydrogen) atoms. The number of anilines is 1. The van der Waals surface area contributed by atoms with Crippen molar-refractivity contribution in [1.82, 2.24) is 9.29 Å². The number of sulfonamides is 1. The third-order valence-corrected chi connectivity index (χ3v) is 6.92. The second-order valence-corrected chi connectivity index (χ2v) is 8.68. The van der Waals surface area contributed by atoms with E-state index in [9.17, 15) is 21.6 Å². The van der Waals surface area contributed by atoms with Crippen molar-refractivity contribution in [2.45, 2.75) is 11.1 Å². The van der Waals surface area contributed by atoms with Gasteiger partial charge in [-0.1, -0.05) is 24.3 Å². The summed E-state index contributed by atoms with van der Waals surface area (Å²) in [5.74, 6) is 0. The summed E-state index contributed by atoms with van der Waals surface area (Å²) in [5.41, 5.74) is 0.130. The highest BCUT2D eigenvalue weighted by atomic mass is 32.2. The summed E-state index contributed by atoms with van der Waals surface area (Å²) in [6.07, 6.45) is -2.87. The van der Waals surface area contributed by atoms with Crippen molar-refractivity contribution in [3.05, 3.63) is 66.4 Å². The molecule has 0 aliphatic carbocycles. The average Bonchev–Trinajstić information content (AvgIpc) is 2.73. The summed E-state index contributed by atoms with van der Waals surface area (Å²) < 4.78 is 66.5. The molecule has 0 atom stereocenters. The van der Waals surface area contributed by atoms with Gasteiger partial charge in [0.15, 0.2) is 0 Å². The quantitative estimate of drug-likeness (QED) is 0.646. The maximum Gasteiger partial charge on any atom is 0.416 e. The van der Waals surface area contributed by atoms with Crippen LogP contribution in [0.25, 0.3) is 10.9 Å². The lowest BCUT2D eigenvalue weighted by Gasteiger charge is -2.35. The molecule has 1 saturated heterocycles. The Hall–Kier alpha value is -2.65. The third-order valence-electron chi connectivity index (χ3n) is 4.99. The number of para-hydroxylation sites is 1. The Morgan fingerprint density at radius 3 is 2.31 bits per heavy atom. The van der Waals surface area contributed by atoms with Gasteiger partial charge >= 0.3 is 6.18 Å². The zero-order valence-electron chi connectivity index (χ0n) is 15.3. The van der Waals surface area contributed by atoms with Crippen molar-refractivity contribution < 1.29 is 21.6 Å². The second kappa shape index (κ2) is 7.31. The number of hydrogen-bond donors (Lipinski definition) is 0. The first-order chi connectivity index (χ1) is 13.8. The molecule has 2 aromatic carbocycles. The van der Waals surface area contributed by atoms with Gasteiger partial charge in [-0.15, -0.1) is 0 Å². The molecule has 0 N–H and O–H groups in total. The van der Waals surface area contributed by atoms with Crippen LogP contribution in [0.15, 0.2) is 65.7 Å². The van der Waals surface area contributed by atoms with Crippen LogP contribution in [0.3, 0.4) is 0 Å². The van der Waals surface area contributed by atoms with E-state index in [1.54, 1.807) is 41.4 Å². The Morgan fingerprint density at radius 1 is 0.897 bits per heavy atom. The van der Waals surface area contributed by atoms with E-state index in [1.165, 1.54) is 16.4 Å². The fourth-order valence-electron chi connectivity index (χ4n) is 3.49. The molecule has 1 aliphatic heterocycles. The van der Waals surface area contributed by atoms with Gasteiger partial charge in [-0.25, -0.2) is 8.42 Å². The molecule has 2 heterocycles. The fraction of sp³-hybridized carbons (Fsp3) is 0.250. The van der Waals surface area contributed by atoms with Gasteiger partial charge in [-0.2, -0.15) is 17.5 Å². The minimum Gasteiger partial charge on any atom is -0.369 e. The molecule has 3 aromatic rings. The van der Waals surface area contributed by atoms with Gasteiger partial charge in [0, 0.05) is 43.4 Å². The standard InChI is InChI=1S/C20H18F3N3O2S/c21-20(22,23)16-6-2-7-17(14-16)25-10-12-26(13-11-25)29(27,28)18-8-1-4-15-5-3-9-24-19(15)18/h1-9,14H,10-13H2. The van der Waals surface area contributed by atoms with Gasteiger partial charge in [0.05, 0.1) is 11.1 Å². The number of hydrogen-bond acceptors (Lipinski definition) is 4. The van der Waals surface area contributed by atoms with E-state index >= 15 is 0 Å². The van der Waals surface area contributed by atoms with E-state index in [2.05, 4.69) is 4.98 Å². The lowest BCUT2D eigenvalue weighted by atomic mass is 10.1. The van der Waals surface area contributed by atoms with Gasteiger partial charge in [0.25, 0.3) is 0 Å². The smallest absolute Gasteiger partial charge is 0.369 e. The van der Waals surface area contributed by atoms with E-state index in [1.807, 2.05) is 0 Å². The summed E-state index contributed by atoms with van der Waals surface area (Å²) in [7, 11) is -3.76. The van der Waals surface area contributed by atoms with E-state index in [0.29, 0.717) is 24.3 Å². The van der Waals surface area contributed by atoms with Crippen LogP contribution >= 0.6 is 0 Å². The van der Waals surface area contributed by atoms with Crippen LogP contribution in [0.4, 0.5) is 18.9 Å². The van der Waals surface area contributed by atoms with E-state index in [4.69, 9.17) is 0 Å². The van der Waals surface area contributed by atoms with Crippen molar-refractivity contribution in [3.8, 4) is 0 Å². The zero-order chi connectivity index (χ0) is 20.6. The first-order valence-electron chi connectivity index (χ1n) is 9.03. The van der Waals surface area contributed by atoms with Crippen molar-refractivity contribution in [2.75, 3.05) is 31.1 Å². The Labute approximate surface area is 166 Å². The number of benzene rings is 2. The normalized spacial score (nSPS) is 16.3. The molecule has 152 valence electrons. The van der Waals surface area contributed by atoms with Gasteiger partial charge in [0.2, 0.25) is 10.0 Å². The van der Waals surface area contributed by atoms with Gasteiger partial charge in [-0.05, 0) is 30.3 Å². The number of nitrogens with zero attached hydrogens (tertiary/aromatic N) is 3. The molecule has 0 spiro atoms. The lowest BCUT2D eigenvalue weighted by molar-refractivity contribution is -0.137. The highest BCUT2D eigenvalue weighted by molar-refractivity contribution is 7.89. The largest absolute Gasteiger partial charge is 0.416 e. The van der Waals surface area contributed by atoms with E-state index < -0.39 is 21.8 Å². The minimum atomic E-state index is -4.41. The van der Waals surface area contributed by atoms with E-state index in [0.717, 1.165) is 17.5 Å². The first kappa shape index (κ1) is 19.7. The Bertz CT molecular complexity index is 1140. The molecule has 0 amide bonds. The van der Waals surface area contributed by atoms with Crippen molar-refractivity contribution in [3.63, 3.8) is 0 Å². The van der Waals surface area contributed by atoms with Crippen LogP contribution in [0, 0.1) is 0 Å². The van der Waals surface area contributed by atoms with Crippen molar-refractivity contribution in [2.24, 2.45) is 0 Å². The third kappa shape index (κ3) is 3.79. The van der Waals surface area contributed by atoms with Crippen molar-refractivity contribution >= 4 is 26.6 Å². The lowest BCUT2D eigenvalue weighted by Crippen LogP contribution is -2.48. The summed E-state index contributed by atoms with van der Waals surface area (Å²) in [5, 5.41) is 0.733. The Balaban J connectivity index is 1.55. The van der Waals surface area contributed by atoms with Crippen LogP contribution in [0.5, 0.6) is 0 Å². The first-order valence-corrected chi connectivity index (χ1v) is 10.5. The van der Waals surface area contributed by atoms with Crippen LogP contribution in [0.2, 0.25) is 0 Å². The molecule has 0 unspecified atom stereocenters. The Morgan fingerprint density at radius 2 is 1.59 bits per heavy atom. The molecule has 1 fully saturated rings. The summed E-state index contributed by atoms with van der Waals surface area (Å²) in [6, 6.07) is 13.6. The molecule has 0 radical (unpaired) electrons. The summed E-state index contributed by atoms with van der Waals surface area (Å²) >= 11 is 0. The minimum absolute atomic E-state index is 0.142. The van der Waals surface area contributed by atoms with Crippen LogP contribution in [-0.4, -0.2) is 43.9 Å². The monoisotopic (exact) mass is 421 g/mol. The second-order valence-electron chi connectivity index (χ2n) is 6.77. The molecule has 1 aromatic heterocycles. The molecule has 5 nitrogen and oxygen atoms in total. The molecule has 0 bridgehead atoms. The number of alkyl halides is 3. The van der Waals surface area contributed by atoms with Crippen LogP contribution < -0.4 is 4.90 Å². The zero-order valence-corrected chi connectivity index (χ0v) is 16.1. The molecule has 4 rings (SSSR count). The maximum atomic E-state index is 13.1. The predicted molar refractivity (Wildman–Crippen MR) is 104 cm³/mol. The van der Waals surface area contributed by atoms with Gasteiger partial charge in [-0.3, -0.25) is 4.98 Å². The number of halogens is 3. The SMILES string of the molecule is O=S(=O)(c1cccc2cccnc12)N1CCN(c2cccc(C(F)(F)F)c2)CC1. The molecular formula is C20H18F3N3O2S. The molecule has 1 aliphatic rings. The maximum absolute atomic E-state index is 13.1. The number of rotatable bonds is 3. The van der Waals surface area contributed by atoms with Gasteiger partial charge < -0.3 is 4.90 Å². The number of pyridine rings is 1. The average molecular weight is 421 g/mol. The fourth-order valence-corrected chi connectivity index (χ4v) is 5.08. The van der Waals surface area contributed by atoms with Gasteiger partial charge in [0.1, 0.15) is 4.90 Å². The number of fused-ring (bicyclic) bond motifs is 1. The molecule has 9 heteroatoms. The Kier molecular flexibility index (Phi) is 4.95. The van der Waals surface area contributed by atoms with Crippen LogP contribution in [-0.2, 0) is 16.2 Å². The number of aromatic nitrogens is 1. The summed E-state index contributed by atoms with van der Waals surface area (Å²) in [4.78, 5) is 6.12. The highest BCUT2D eigenvalue weighted by Gasteiger charge is 2.33. The summed E-state index contributed by atoms with van der Waals surface area (Å²) in [6.45, 7) is 0.973. The van der Waals surface area contributed by atoms with E-state index in [-0.39, 0.29) is 18.0 Å². The molecular weight excluding hydrogens is 403 g/mol.